The van der Waals surface area contributed by atoms with Crippen LogP contribution in [0.5, 0.6) is 17.2 Å². The molecule has 0 aliphatic heterocycles. The van der Waals surface area contributed by atoms with E-state index in [1.165, 1.54) is 10.8 Å². The SMILES string of the molecule is CCc1cc(CC(N)C(=O)O)cc(C)c1Oc1ccc(OC(=O)OCCSSc2ccccn2)c(C)c1. The van der Waals surface area contributed by atoms with Crippen molar-refractivity contribution in [2.24, 2.45) is 5.73 Å². The zero-order valence-electron chi connectivity index (χ0n) is 20.9. The van der Waals surface area contributed by atoms with Crippen LogP contribution in [0.2, 0.25) is 0 Å². The van der Waals surface area contributed by atoms with Gasteiger partial charge in [-0.3, -0.25) is 4.79 Å². The van der Waals surface area contributed by atoms with Gasteiger partial charge in [-0.1, -0.05) is 35.9 Å². The third kappa shape index (κ3) is 8.70. The van der Waals surface area contributed by atoms with Crippen LogP contribution in [0.4, 0.5) is 4.79 Å². The quantitative estimate of drug-likeness (QED) is 0.123. The summed E-state index contributed by atoms with van der Waals surface area (Å²) < 4.78 is 16.7. The molecule has 3 N–H and O–H groups in total. The molecule has 1 aromatic heterocycles. The third-order valence-corrected chi connectivity index (χ3v) is 7.52. The number of aryl methyl sites for hydroxylation is 3. The first-order valence-electron chi connectivity index (χ1n) is 11.7. The molecule has 0 fully saturated rings. The van der Waals surface area contributed by atoms with Gasteiger partial charge in [-0.2, -0.15) is 0 Å². The van der Waals surface area contributed by atoms with Crippen molar-refractivity contribution in [1.82, 2.24) is 4.98 Å². The number of pyridine rings is 1. The van der Waals surface area contributed by atoms with Crippen molar-refractivity contribution in [1.29, 1.82) is 0 Å². The summed E-state index contributed by atoms with van der Waals surface area (Å²) in [4.78, 5) is 27.4. The Morgan fingerprint density at radius 3 is 2.59 bits per heavy atom. The van der Waals surface area contributed by atoms with E-state index >= 15 is 0 Å². The molecule has 0 radical (unpaired) electrons. The van der Waals surface area contributed by atoms with Crippen molar-refractivity contribution in [2.75, 3.05) is 12.4 Å². The van der Waals surface area contributed by atoms with E-state index in [4.69, 9.17) is 25.1 Å². The summed E-state index contributed by atoms with van der Waals surface area (Å²) in [5.41, 5.74) is 9.10. The van der Waals surface area contributed by atoms with Gasteiger partial charge in [-0.15, -0.1) is 0 Å². The molecule has 8 nitrogen and oxygen atoms in total. The summed E-state index contributed by atoms with van der Waals surface area (Å²) in [6, 6.07) is 13.7. The Kier molecular flexibility index (Phi) is 10.7. The Morgan fingerprint density at radius 1 is 1.11 bits per heavy atom. The minimum atomic E-state index is -1.03. The third-order valence-electron chi connectivity index (χ3n) is 5.29. The monoisotopic (exact) mass is 542 g/mol. The molecule has 0 aliphatic carbocycles. The van der Waals surface area contributed by atoms with Crippen LogP contribution in [-0.4, -0.2) is 40.6 Å². The van der Waals surface area contributed by atoms with E-state index in [1.54, 1.807) is 35.2 Å². The molecule has 0 saturated carbocycles. The molecule has 37 heavy (non-hydrogen) atoms. The number of carboxylic acids is 1. The number of carbonyl (C=O) groups is 2. The number of nitrogens with two attached hydrogens (primary N) is 1. The van der Waals surface area contributed by atoms with Gasteiger partial charge in [-0.05, 0) is 90.1 Å². The van der Waals surface area contributed by atoms with Crippen LogP contribution in [0.1, 0.15) is 29.2 Å². The Balaban J connectivity index is 1.55. The van der Waals surface area contributed by atoms with E-state index < -0.39 is 18.2 Å². The van der Waals surface area contributed by atoms with Gasteiger partial charge in [0.2, 0.25) is 0 Å². The van der Waals surface area contributed by atoms with E-state index in [2.05, 4.69) is 4.98 Å². The van der Waals surface area contributed by atoms with Crippen LogP contribution < -0.4 is 15.2 Å². The maximum atomic E-state index is 12.1. The Bertz CT molecular complexity index is 1220. The lowest BCUT2D eigenvalue weighted by molar-refractivity contribution is -0.138. The van der Waals surface area contributed by atoms with Gasteiger partial charge in [-0.25, -0.2) is 9.78 Å². The minimum Gasteiger partial charge on any atom is -0.480 e. The first-order valence-corrected chi connectivity index (χ1v) is 14.0. The Hall–Kier alpha value is -3.21. The lowest BCUT2D eigenvalue weighted by Gasteiger charge is -2.17. The van der Waals surface area contributed by atoms with E-state index in [0.29, 0.717) is 35.0 Å². The highest BCUT2D eigenvalue weighted by Crippen LogP contribution is 2.33. The number of rotatable bonds is 12. The number of hydrogen-bond acceptors (Lipinski definition) is 9. The number of aliphatic carboxylic acids is 1. The highest BCUT2D eigenvalue weighted by Gasteiger charge is 2.16. The molecule has 3 rings (SSSR count). The van der Waals surface area contributed by atoms with Gasteiger partial charge in [0, 0.05) is 11.9 Å². The topological polar surface area (TPSA) is 121 Å². The standard InChI is InChI=1S/C27H30N2O6S2/c1-4-20-15-19(16-22(28)26(30)31)13-18(3)25(20)34-21-8-9-23(17(2)14-21)35-27(32)33-11-12-36-37-24-7-5-6-10-29-24/h5-10,13-15,22H,4,11-12,16,28H2,1-3H3,(H,30,31). The van der Waals surface area contributed by atoms with Crippen molar-refractivity contribution in [2.45, 2.75) is 44.7 Å². The van der Waals surface area contributed by atoms with Crippen molar-refractivity contribution < 1.29 is 28.9 Å². The molecule has 0 aliphatic rings. The van der Waals surface area contributed by atoms with E-state index in [0.717, 1.165) is 21.7 Å². The molecule has 1 atom stereocenters. The molecule has 1 heterocycles. The van der Waals surface area contributed by atoms with Crippen molar-refractivity contribution >= 4 is 33.7 Å². The predicted octanol–water partition coefficient (Wildman–Crippen LogP) is 5.96. The average Bonchev–Trinajstić information content (AvgIpc) is 2.87. The second-order valence-electron chi connectivity index (χ2n) is 8.21. The first kappa shape index (κ1) is 28.4. The largest absolute Gasteiger partial charge is 0.513 e. The van der Waals surface area contributed by atoms with Crippen LogP contribution in [0.15, 0.2) is 59.8 Å². The Morgan fingerprint density at radius 2 is 1.92 bits per heavy atom. The molecular weight excluding hydrogens is 512 g/mol. The fourth-order valence-electron chi connectivity index (χ4n) is 3.49. The van der Waals surface area contributed by atoms with Crippen molar-refractivity contribution in [3.05, 3.63) is 77.0 Å². The second-order valence-corrected chi connectivity index (χ2v) is 10.6. The van der Waals surface area contributed by atoms with Gasteiger partial charge in [0.05, 0.1) is 0 Å². The number of benzene rings is 2. The first-order chi connectivity index (χ1) is 17.8. The fraction of sp³-hybridized carbons (Fsp3) is 0.296. The molecule has 0 amide bonds. The van der Waals surface area contributed by atoms with Crippen molar-refractivity contribution in [3.8, 4) is 17.2 Å². The lowest BCUT2D eigenvalue weighted by Crippen LogP contribution is -2.32. The molecule has 0 spiro atoms. The maximum absolute atomic E-state index is 12.1. The lowest BCUT2D eigenvalue weighted by atomic mass is 9.98. The van der Waals surface area contributed by atoms with E-state index in [1.807, 2.05) is 51.1 Å². The zero-order valence-corrected chi connectivity index (χ0v) is 22.6. The predicted molar refractivity (Wildman–Crippen MR) is 146 cm³/mol. The minimum absolute atomic E-state index is 0.218. The zero-order chi connectivity index (χ0) is 26.8. The maximum Gasteiger partial charge on any atom is 0.513 e. The summed E-state index contributed by atoms with van der Waals surface area (Å²) in [7, 11) is 3.06. The van der Waals surface area contributed by atoms with Crippen LogP contribution in [-0.2, 0) is 22.4 Å². The number of aromatic nitrogens is 1. The molecular formula is C27H30N2O6S2. The molecule has 0 saturated heterocycles. The highest BCUT2D eigenvalue weighted by molar-refractivity contribution is 8.76. The molecule has 196 valence electrons. The molecule has 0 bridgehead atoms. The molecule has 1 unspecified atom stereocenters. The Labute approximate surface area is 224 Å². The summed E-state index contributed by atoms with van der Waals surface area (Å²) in [5.74, 6) is 1.26. The van der Waals surface area contributed by atoms with Crippen LogP contribution >= 0.6 is 21.6 Å². The number of carbonyl (C=O) groups excluding carboxylic acids is 1. The van der Waals surface area contributed by atoms with Crippen LogP contribution in [0, 0.1) is 13.8 Å². The summed E-state index contributed by atoms with van der Waals surface area (Å²) in [5, 5.41) is 10.00. The number of hydrogen-bond donors (Lipinski definition) is 2. The average molecular weight is 543 g/mol. The summed E-state index contributed by atoms with van der Waals surface area (Å²) >= 11 is 0. The van der Waals surface area contributed by atoms with E-state index in [9.17, 15) is 9.59 Å². The number of nitrogens with zero attached hydrogens (tertiary/aromatic N) is 1. The smallest absolute Gasteiger partial charge is 0.480 e. The van der Waals surface area contributed by atoms with Crippen LogP contribution in [0.3, 0.4) is 0 Å². The van der Waals surface area contributed by atoms with E-state index in [-0.39, 0.29) is 13.0 Å². The summed E-state index contributed by atoms with van der Waals surface area (Å²) in [6.07, 6.45) is 1.92. The molecule has 2 aromatic carbocycles. The number of carboxylic acid groups (broad SMARTS) is 1. The van der Waals surface area contributed by atoms with Gasteiger partial charge < -0.3 is 25.1 Å². The molecule has 3 aromatic rings. The normalized spacial score (nSPS) is 11.6. The van der Waals surface area contributed by atoms with Crippen LogP contribution in [0.25, 0.3) is 0 Å². The van der Waals surface area contributed by atoms with Gasteiger partial charge in [0.1, 0.15) is 34.9 Å². The van der Waals surface area contributed by atoms with Gasteiger partial charge in [0.15, 0.2) is 0 Å². The highest BCUT2D eigenvalue weighted by atomic mass is 33.1. The number of ether oxygens (including phenoxy) is 3. The van der Waals surface area contributed by atoms with Gasteiger partial charge >= 0.3 is 12.1 Å². The fourth-order valence-corrected chi connectivity index (χ4v) is 5.20. The summed E-state index contributed by atoms with van der Waals surface area (Å²) in [6.45, 7) is 5.96. The second kappa shape index (κ2) is 13.9. The van der Waals surface area contributed by atoms with Crippen molar-refractivity contribution in [3.63, 3.8) is 0 Å². The molecule has 10 heteroatoms. The van der Waals surface area contributed by atoms with Gasteiger partial charge in [0.25, 0.3) is 0 Å².